The summed E-state index contributed by atoms with van der Waals surface area (Å²) in [5, 5.41) is 0. The van der Waals surface area contributed by atoms with Gasteiger partial charge < -0.3 is 10.5 Å². The first kappa shape index (κ1) is 23.3. The van der Waals surface area contributed by atoms with Crippen LogP contribution in [0.15, 0.2) is 59.5 Å². The van der Waals surface area contributed by atoms with Crippen LogP contribution in [0.3, 0.4) is 0 Å². The molecular formula is C24H27N3O4S. The second-order valence-electron chi connectivity index (χ2n) is 8.68. The molecule has 168 valence electrons. The maximum Gasteiger partial charge on any atom is 0.270 e. The number of nitrogens with zero attached hydrogens (tertiary/aromatic N) is 1. The van der Waals surface area contributed by atoms with Crippen molar-refractivity contribution in [3.8, 4) is 11.6 Å². The highest BCUT2D eigenvalue weighted by Crippen LogP contribution is 2.30. The second-order valence-corrected chi connectivity index (χ2v) is 10.4. The van der Waals surface area contributed by atoms with Gasteiger partial charge in [-0.3, -0.25) is 4.79 Å². The molecule has 7 nitrogen and oxygen atoms in total. The van der Waals surface area contributed by atoms with E-state index in [2.05, 4.69) is 9.71 Å². The van der Waals surface area contributed by atoms with E-state index in [1.807, 2.05) is 46.8 Å². The number of anilines is 1. The van der Waals surface area contributed by atoms with Gasteiger partial charge in [0.25, 0.3) is 15.9 Å². The number of hydrogen-bond donors (Lipinski definition) is 2. The van der Waals surface area contributed by atoms with E-state index in [1.54, 1.807) is 18.2 Å². The Balaban J connectivity index is 2.01. The second kappa shape index (κ2) is 8.63. The Morgan fingerprint density at radius 1 is 1.03 bits per heavy atom. The van der Waals surface area contributed by atoms with Crippen LogP contribution in [0.4, 0.5) is 5.69 Å². The lowest BCUT2D eigenvalue weighted by Crippen LogP contribution is -2.31. The molecule has 2 aromatic carbocycles. The smallest absolute Gasteiger partial charge is 0.270 e. The van der Waals surface area contributed by atoms with Crippen molar-refractivity contribution in [3.05, 3.63) is 77.0 Å². The minimum Gasteiger partial charge on any atom is -0.438 e. The quantitative estimate of drug-likeness (QED) is 0.551. The maximum absolute atomic E-state index is 13.0. The first-order valence-corrected chi connectivity index (χ1v) is 11.5. The molecule has 0 spiro atoms. The van der Waals surface area contributed by atoms with Crippen molar-refractivity contribution in [2.45, 2.75) is 44.9 Å². The van der Waals surface area contributed by atoms with Gasteiger partial charge in [0.15, 0.2) is 0 Å². The number of carbonyl (C=O) groups excluding carboxylic acids is 1. The average Bonchev–Trinajstić information content (AvgIpc) is 2.69. The summed E-state index contributed by atoms with van der Waals surface area (Å²) in [4.78, 5) is 17.4. The van der Waals surface area contributed by atoms with Gasteiger partial charge in [0.2, 0.25) is 5.88 Å². The third kappa shape index (κ3) is 5.26. The molecule has 1 heterocycles. The molecule has 1 aromatic heterocycles. The van der Waals surface area contributed by atoms with Crippen LogP contribution in [0.5, 0.6) is 11.6 Å². The van der Waals surface area contributed by atoms with Crippen molar-refractivity contribution >= 4 is 21.6 Å². The number of aromatic nitrogens is 1. The topological polar surface area (TPSA) is 111 Å². The highest BCUT2D eigenvalue weighted by Gasteiger charge is 2.25. The number of aryl methyl sites for hydroxylation is 2. The zero-order chi connectivity index (χ0) is 23.7. The lowest BCUT2D eigenvalue weighted by molar-refractivity contribution is 0.0978. The molecule has 0 aliphatic rings. The first-order chi connectivity index (χ1) is 14.9. The van der Waals surface area contributed by atoms with E-state index < -0.39 is 15.9 Å². The van der Waals surface area contributed by atoms with E-state index in [0.717, 1.165) is 11.1 Å². The van der Waals surface area contributed by atoms with Gasteiger partial charge in [-0.1, -0.05) is 44.5 Å². The summed E-state index contributed by atoms with van der Waals surface area (Å²) in [5.41, 5.74) is 8.29. The predicted molar refractivity (Wildman–Crippen MR) is 124 cm³/mol. The molecule has 0 fully saturated rings. The number of nitrogen functional groups attached to an aromatic ring is 1. The number of rotatable bonds is 5. The summed E-state index contributed by atoms with van der Waals surface area (Å²) < 4.78 is 33.5. The standard InChI is InChI=1S/C24H27N3O4S/c1-15-9-11-20(16(2)13-15)31-23-19(10-12-21(26-23)24(3,4)5)22(28)27-32(29,30)18-8-6-7-17(25)14-18/h6-14H,25H2,1-5H3,(H,27,28). The normalized spacial score (nSPS) is 11.8. The molecule has 0 atom stereocenters. The Morgan fingerprint density at radius 3 is 2.38 bits per heavy atom. The number of nitrogens with one attached hydrogen (secondary N) is 1. The highest BCUT2D eigenvalue weighted by atomic mass is 32.2. The predicted octanol–water partition coefficient (Wildman–Crippen LogP) is 4.49. The fraction of sp³-hybridized carbons (Fsp3) is 0.250. The summed E-state index contributed by atoms with van der Waals surface area (Å²) >= 11 is 0. The van der Waals surface area contributed by atoms with Crippen LogP contribution < -0.4 is 15.2 Å². The molecule has 1 amide bonds. The number of carbonyl (C=O) groups is 1. The van der Waals surface area contributed by atoms with Crippen LogP contribution in [-0.2, 0) is 15.4 Å². The van der Waals surface area contributed by atoms with Crippen molar-refractivity contribution in [1.29, 1.82) is 0 Å². The number of hydrogen-bond acceptors (Lipinski definition) is 6. The number of pyridine rings is 1. The van der Waals surface area contributed by atoms with Crippen LogP contribution in [0.2, 0.25) is 0 Å². The summed E-state index contributed by atoms with van der Waals surface area (Å²) in [7, 11) is -4.13. The van der Waals surface area contributed by atoms with E-state index >= 15 is 0 Å². The molecule has 32 heavy (non-hydrogen) atoms. The molecule has 0 saturated heterocycles. The van der Waals surface area contributed by atoms with Crippen molar-refractivity contribution in [2.24, 2.45) is 0 Å². The van der Waals surface area contributed by atoms with Gasteiger partial charge in [0.1, 0.15) is 11.3 Å². The van der Waals surface area contributed by atoms with Gasteiger partial charge >= 0.3 is 0 Å². The van der Waals surface area contributed by atoms with Gasteiger partial charge in [0.05, 0.1) is 4.90 Å². The lowest BCUT2D eigenvalue weighted by Gasteiger charge is -2.20. The van der Waals surface area contributed by atoms with Crippen molar-refractivity contribution in [1.82, 2.24) is 9.71 Å². The van der Waals surface area contributed by atoms with Crippen molar-refractivity contribution in [2.75, 3.05) is 5.73 Å². The Bertz CT molecular complexity index is 1280. The molecule has 8 heteroatoms. The Kier molecular flexibility index (Phi) is 6.27. The van der Waals surface area contributed by atoms with E-state index in [-0.39, 0.29) is 27.4 Å². The van der Waals surface area contributed by atoms with Gasteiger partial charge in [0, 0.05) is 16.8 Å². The fourth-order valence-corrected chi connectivity index (χ4v) is 4.07. The Morgan fingerprint density at radius 2 is 1.75 bits per heavy atom. The molecule has 0 saturated carbocycles. The number of benzene rings is 2. The minimum absolute atomic E-state index is 0.00505. The summed E-state index contributed by atoms with van der Waals surface area (Å²) in [6.07, 6.45) is 0. The first-order valence-electron chi connectivity index (χ1n) is 10.1. The summed E-state index contributed by atoms with van der Waals surface area (Å²) in [6.45, 7) is 9.82. The zero-order valence-electron chi connectivity index (χ0n) is 18.8. The van der Waals surface area contributed by atoms with E-state index in [4.69, 9.17) is 10.5 Å². The monoisotopic (exact) mass is 453 g/mol. The Labute approximate surface area is 188 Å². The largest absolute Gasteiger partial charge is 0.438 e. The molecule has 0 unspecified atom stereocenters. The molecule has 3 rings (SSSR count). The average molecular weight is 454 g/mol. The minimum atomic E-state index is -4.13. The fourth-order valence-electron chi connectivity index (χ4n) is 3.04. The molecule has 0 radical (unpaired) electrons. The molecule has 3 aromatic rings. The highest BCUT2D eigenvalue weighted by molar-refractivity contribution is 7.90. The van der Waals surface area contributed by atoms with Crippen LogP contribution in [-0.4, -0.2) is 19.3 Å². The van der Waals surface area contributed by atoms with E-state index in [9.17, 15) is 13.2 Å². The summed E-state index contributed by atoms with van der Waals surface area (Å²) in [5.74, 6) is -0.285. The third-order valence-electron chi connectivity index (χ3n) is 4.81. The van der Waals surface area contributed by atoms with Gasteiger partial charge in [-0.05, 0) is 55.8 Å². The number of sulfonamides is 1. The number of nitrogens with two attached hydrogens (primary N) is 1. The third-order valence-corrected chi connectivity index (χ3v) is 6.13. The molecular weight excluding hydrogens is 426 g/mol. The SMILES string of the molecule is Cc1ccc(Oc2nc(C(C)(C)C)ccc2C(=O)NS(=O)(=O)c2cccc(N)c2)c(C)c1. The summed E-state index contributed by atoms with van der Waals surface area (Å²) in [6, 6.07) is 14.6. The Hall–Kier alpha value is -3.39. The lowest BCUT2D eigenvalue weighted by atomic mass is 9.91. The molecule has 0 aliphatic heterocycles. The zero-order valence-corrected chi connectivity index (χ0v) is 19.6. The van der Waals surface area contributed by atoms with Crippen LogP contribution in [0, 0.1) is 13.8 Å². The maximum atomic E-state index is 13.0. The van der Waals surface area contributed by atoms with Crippen LogP contribution in [0.25, 0.3) is 0 Å². The van der Waals surface area contributed by atoms with Crippen LogP contribution >= 0.6 is 0 Å². The van der Waals surface area contributed by atoms with Crippen LogP contribution in [0.1, 0.15) is 48.0 Å². The molecule has 0 aliphatic carbocycles. The van der Waals surface area contributed by atoms with Crippen molar-refractivity contribution in [3.63, 3.8) is 0 Å². The van der Waals surface area contributed by atoms with Gasteiger partial charge in [-0.25, -0.2) is 18.1 Å². The number of amides is 1. The molecule has 3 N–H and O–H groups in total. The van der Waals surface area contributed by atoms with E-state index in [0.29, 0.717) is 11.4 Å². The number of ether oxygens (including phenoxy) is 1. The molecule has 0 bridgehead atoms. The van der Waals surface area contributed by atoms with Crippen molar-refractivity contribution < 1.29 is 17.9 Å². The van der Waals surface area contributed by atoms with E-state index in [1.165, 1.54) is 24.3 Å². The van der Waals surface area contributed by atoms with Gasteiger partial charge in [-0.15, -0.1) is 0 Å². The van der Waals surface area contributed by atoms with Gasteiger partial charge in [-0.2, -0.15) is 0 Å².